The van der Waals surface area contributed by atoms with Gasteiger partial charge in [0, 0.05) is 0 Å². The molecule has 0 N–H and O–H groups in total. The summed E-state index contributed by atoms with van der Waals surface area (Å²) in [6.07, 6.45) is 0. The Morgan fingerprint density at radius 3 is 1.56 bits per heavy atom. The Hall–Kier alpha value is -2.79. The molecule has 0 atom stereocenters. The molecule has 0 radical (unpaired) electrons. The van der Waals surface area contributed by atoms with Gasteiger partial charge in [-0.3, -0.25) is 0 Å². The van der Waals surface area contributed by atoms with Crippen molar-refractivity contribution in [1.29, 1.82) is 0 Å². The molecule has 5 rings (SSSR count). The number of aryl methyl sites for hydroxylation is 6. The van der Waals surface area contributed by atoms with E-state index in [-0.39, 0.29) is 6.71 Å². The van der Waals surface area contributed by atoms with Gasteiger partial charge in [-0.15, -0.1) is 0 Å². The Labute approximate surface area is 226 Å². The van der Waals surface area contributed by atoms with E-state index in [1.807, 2.05) is 0 Å². The third kappa shape index (κ3) is 4.78. The van der Waals surface area contributed by atoms with Crippen LogP contribution >= 0.6 is 0 Å². The average Bonchev–Trinajstić information content (AvgIpc) is 2.82. The average molecular weight is 580 g/mol. The van der Waals surface area contributed by atoms with Crippen LogP contribution in [0.25, 0.3) is 10.8 Å². The van der Waals surface area contributed by atoms with Gasteiger partial charge in [-0.2, -0.15) is 0 Å². The number of fused-ring (bicyclic) bond motifs is 1. The number of benzene rings is 5. The van der Waals surface area contributed by atoms with Crippen LogP contribution in [0.3, 0.4) is 0 Å². The van der Waals surface area contributed by atoms with Crippen molar-refractivity contribution in [3.05, 3.63) is 124 Å². The van der Waals surface area contributed by atoms with Crippen molar-refractivity contribution in [2.24, 2.45) is 0 Å². The van der Waals surface area contributed by atoms with Crippen molar-refractivity contribution in [2.45, 2.75) is 41.5 Å². The summed E-state index contributed by atoms with van der Waals surface area (Å²) in [4.78, 5) is 0. The Morgan fingerprint density at radius 1 is 0.528 bits per heavy atom. The van der Waals surface area contributed by atoms with Crippen LogP contribution in [0.2, 0.25) is 0 Å². The van der Waals surface area contributed by atoms with Crippen LogP contribution in [0.5, 0.6) is 0 Å². The number of rotatable bonds is 5. The van der Waals surface area contributed by atoms with E-state index in [1.165, 1.54) is 67.8 Å². The first-order valence-corrected chi connectivity index (χ1v) is 15.1. The van der Waals surface area contributed by atoms with Gasteiger partial charge in [0.1, 0.15) is 0 Å². The van der Waals surface area contributed by atoms with Gasteiger partial charge in [0.2, 0.25) is 0 Å². The second kappa shape index (κ2) is 10.3. The molecule has 0 heterocycles. The third-order valence-corrected chi connectivity index (χ3v) is 10.3. The van der Waals surface area contributed by atoms with Gasteiger partial charge in [-0.25, -0.2) is 0 Å². The van der Waals surface area contributed by atoms with Crippen LogP contribution in [0.4, 0.5) is 0 Å². The van der Waals surface area contributed by atoms with E-state index in [1.54, 1.807) is 0 Å². The molecule has 0 aliphatic heterocycles. The summed E-state index contributed by atoms with van der Waals surface area (Å²) >= 11 is -0.521. The molecular formula is C34H33BTe. The van der Waals surface area contributed by atoms with E-state index in [0.717, 1.165) is 0 Å². The zero-order chi connectivity index (χ0) is 25.4. The van der Waals surface area contributed by atoms with Crippen LogP contribution in [0.1, 0.15) is 33.4 Å². The van der Waals surface area contributed by atoms with Gasteiger partial charge < -0.3 is 0 Å². The Bertz CT molecular complexity index is 1460. The van der Waals surface area contributed by atoms with E-state index in [2.05, 4.69) is 133 Å². The maximum atomic E-state index is 2.39. The van der Waals surface area contributed by atoms with Gasteiger partial charge in [0.25, 0.3) is 0 Å². The molecule has 0 aromatic heterocycles. The molecule has 5 aromatic carbocycles. The predicted octanol–water partition coefficient (Wildman–Crippen LogP) is 4.86. The monoisotopic (exact) mass is 582 g/mol. The van der Waals surface area contributed by atoms with Crippen LogP contribution in [-0.4, -0.2) is 27.6 Å². The number of hydrogen-bond donors (Lipinski definition) is 0. The fourth-order valence-electron chi connectivity index (χ4n) is 6.02. The molecule has 0 bridgehead atoms. The molecule has 0 nitrogen and oxygen atoms in total. The molecule has 0 saturated carbocycles. The van der Waals surface area contributed by atoms with Crippen LogP contribution in [0.15, 0.2) is 91.0 Å². The second-order valence-electron chi connectivity index (χ2n) is 10.2. The molecule has 0 spiro atoms. The molecule has 0 saturated heterocycles. The van der Waals surface area contributed by atoms with Gasteiger partial charge in [0.05, 0.1) is 0 Å². The van der Waals surface area contributed by atoms with Crippen molar-refractivity contribution >= 4 is 62.0 Å². The van der Waals surface area contributed by atoms with Gasteiger partial charge in [0.15, 0.2) is 0 Å². The first-order chi connectivity index (χ1) is 17.3. The van der Waals surface area contributed by atoms with E-state index < -0.39 is 20.9 Å². The molecule has 0 aliphatic rings. The maximum absolute atomic E-state index is 2.39. The van der Waals surface area contributed by atoms with Crippen molar-refractivity contribution < 1.29 is 0 Å². The van der Waals surface area contributed by atoms with Crippen LogP contribution in [0, 0.1) is 41.5 Å². The fourth-order valence-corrected chi connectivity index (χ4v) is 8.97. The fraction of sp³-hybridized carbons (Fsp3) is 0.176. The summed E-state index contributed by atoms with van der Waals surface area (Å²) in [5.41, 5.74) is 12.5. The Morgan fingerprint density at radius 2 is 1.03 bits per heavy atom. The SMILES string of the molecule is Cc1cc(C)c(B(c2c(C)cc(C)cc2C)c2cccc3cccc([Te]c4ccccc4)c23)c(C)c1. The van der Waals surface area contributed by atoms with E-state index in [9.17, 15) is 0 Å². The van der Waals surface area contributed by atoms with Crippen molar-refractivity contribution in [1.82, 2.24) is 0 Å². The van der Waals surface area contributed by atoms with E-state index in [0.29, 0.717) is 0 Å². The summed E-state index contributed by atoms with van der Waals surface area (Å²) in [6.45, 7) is 13.8. The normalized spacial score (nSPS) is 11.2. The molecule has 36 heavy (non-hydrogen) atoms. The number of hydrogen-bond acceptors (Lipinski definition) is 0. The van der Waals surface area contributed by atoms with Gasteiger partial charge in [-0.1, -0.05) is 0 Å². The molecule has 0 fully saturated rings. The molecule has 5 aromatic rings. The zero-order valence-electron chi connectivity index (χ0n) is 22.1. The first kappa shape index (κ1) is 24.9. The minimum atomic E-state index is -0.521. The molecule has 178 valence electrons. The zero-order valence-corrected chi connectivity index (χ0v) is 24.5. The molecular weight excluding hydrogens is 547 g/mol. The van der Waals surface area contributed by atoms with Crippen LogP contribution < -0.4 is 23.6 Å². The Balaban J connectivity index is 1.85. The van der Waals surface area contributed by atoms with Crippen molar-refractivity contribution in [3.63, 3.8) is 0 Å². The first-order valence-electron chi connectivity index (χ1n) is 12.7. The predicted molar refractivity (Wildman–Crippen MR) is 161 cm³/mol. The van der Waals surface area contributed by atoms with Crippen molar-refractivity contribution in [3.8, 4) is 0 Å². The molecule has 0 aliphatic carbocycles. The summed E-state index contributed by atoms with van der Waals surface area (Å²) in [5.74, 6) is 0. The van der Waals surface area contributed by atoms with E-state index >= 15 is 0 Å². The second-order valence-corrected chi connectivity index (χ2v) is 13.4. The topological polar surface area (TPSA) is 0 Å². The quantitative estimate of drug-likeness (QED) is 0.261. The third-order valence-electron chi connectivity index (χ3n) is 7.23. The Kier molecular flexibility index (Phi) is 7.12. The summed E-state index contributed by atoms with van der Waals surface area (Å²) in [7, 11) is 0. The molecule has 2 heteroatoms. The minimum absolute atomic E-state index is 0.194. The van der Waals surface area contributed by atoms with Gasteiger partial charge in [-0.05, 0) is 0 Å². The molecule has 0 unspecified atom stereocenters. The molecule has 0 amide bonds. The van der Waals surface area contributed by atoms with Crippen LogP contribution in [-0.2, 0) is 0 Å². The van der Waals surface area contributed by atoms with E-state index in [4.69, 9.17) is 0 Å². The van der Waals surface area contributed by atoms with Crippen molar-refractivity contribution in [2.75, 3.05) is 0 Å². The summed E-state index contributed by atoms with van der Waals surface area (Å²) in [6, 6.07) is 34.4. The standard InChI is InChI=1S/C34H33BTe/c1-22-18-24(3)33(25(4)19-22)35(34-26(5)20-23(2)21-27(34)6)30-16-10-12-28-13-11-17-31(32(28)30)36-29-14-8-7-9-15-29/h7-21H,1-6H3. The summed E-state index contributed by atoms with van der Waals surface area (Å²) < 4.78 is 3.00. The van der Waals surface area contributed by atoms with Gasteiger partial charge >= 0.3 is 228 Å². The summed E-state index contributed by atoms with van der Waals surface area (Å²) in [5, 5.41) is 2.80.